The fraction of sp³-hybridized carbons (Fsp3) is 0.588. The Labute approximate surface area is 122 Å². The average Bonchev–Trinajstić information content (AvgIpc) is 2.87. The summed E-state index contributed by atoms with van der Waals surface area (Å²) >= 11 is 0. The molecule has 3 nitrogen and oxygen atoms in total. The second-order valence-corrected chi connectivity index (χ2v) is 6.18. The molecule has 2 unspecified atom stereocenters. The highest BCUT2D eigenvalue weighted by molar-refractivity contribution is 5.86. The van der Waals surface area contributed by atoms with E-state index in [4.69, 9.17) is 5.73 Å². The Morgan fingerprint density at radius 1 is 1.45 bits per heavy atom. The number of carbonyl (C=O) groups is 1. The lowest BCUT2D eigenvalue weighted by Gasteiger charge is -2.33. The molecule has 2 rings (SSSR count). The quantitative estimate of drug-likeness (QED) is 0.916. The first kappa shape index (κ1) is 15.0. The van der Waals surface area contributed by atoms with Gasteiger partial charge in [0.25, 0.3) is 0 Å². The molecule has 1 fully saturated rings. The van der Waals surface area contributed by atoms with E-state index in [-0.39, 0.29) is 11.9 Å². The maximum atomic E-state index is 12.8. The van der Waals surface area contributed by atoms with Crippen LogP contribution in [0.1, 0.15) is 56.7 Å². The van der Waals surface area contributed by atoms with Gasteiger partial charge < -0.3 is 10.6 Å². The highest BCUT2D eigenvalue weighted by Crippen LogP contribution is 2.35. The molecule has 1 amide bonds. The summed E-state index contributed by atoms with van der Waals surface area (Å²) in [4.78, 5) is 14.8. The smallest absolute Gasteiger partial charge is 0.242 e. The molecule has 0 bridgehead atoms. The minimum atomic E-state index is -0.736. The third kappa shape index (κ3) is 2.88. The number of likely N-dealkylation sites (tertiary alicyclic amines) is 1. The van der Waals surface area contributed by atoms with Crippen molar-refractivity contribution in [1.82, 2.24) is 4.90 Å². The molecule has 1 aromatic carbocycles. The number of rotatable bonds is 4. The summed E-state index contributed by atoms with van der Waals surface area (Å²) in [6, 6.07) is 8.55. The Balaban J connectivity index is 2.24. The van der Waals surface area contributed by atoms with Crippen LogP contribution >= 0.6 is 0 Å². The van der Waals surface area contributed by atoms with E-state index in [1.807, 2.05) is 17.9 Å². The fourth-order valence-corrected chi connectivity index (χ4v) is 3.25. The second-order valence-electron chi connectivity index (χ2n) is 6.18. The van der Waals surface area contributed by atoms with Crippen LogP contribution in [0.3, 0.4) is 0 Å². The summed E-state index contributed by atoms with van der Waals surface area (Å²) < 4.78 is 0. The lowest BCUT2D eigenvalue weighted by Crippen LogP contribution is -2.52. The van der Waals surface area contributed by atoms with Gasteiger partial charge in [0.05, 0.1) is 11.6 Å². The molecule has 0 spiro atoms. The van der Waals surface area contributed by atoms with Crippen LogP contribution in [0.2, 0.25) is 0 Å². The van der Waals surface area contributed by atoms with Crippen molar-refractivity contribution in [3.05, 3.63) is 35.4 Å². The molecule has 20 heavy (non-hydrogen) atoms. The molecule has 1 heterocycles. The summed E-state index contributed by atoms with van der Waals surface area (Å²) in [6.45, 7) is 6.88. The number of hydrogen-bond donors (Lipinski definition) is 1. The van der Waals surface area contributed by atoms with E-state index < -0.39 is 5.54 Å². The Hall–Kier alpha value is -1.35. The molecule has 3 heteroatoms. The number of nitrogens with two attached hydrogens (primary N) is 1. The van der Waals surface area contributed by atoms with E-state index in [1.54, 1.807) is 0 Å². The number of benzene rings is 1. The Bertz CT molecular complexity index is 482. The van der Waals surface area contributed by atoms with Gasteiger partial charge in [0.2, 0.25) is 5.91 Å². The molecular weight excluding hydrogens is 248 g/mol. The molecular formula is C17H26N2O. The van der Waals surface area contributed by atoms with Crippen molar-refractivity contribution in [2.24, 2.45) is 5.73 Å². The monoisotopic (exact) mass is 274 g/mol. The highest BCUT2D eigenvalue weighted by Gasteiger charge is 2.38. The van der Waals surface area contributed by atoms with E-state index in [0.29, 0.717) is 0 Å². The molecule has 1 aromatic rings. The first-order valence-electron chi connectivity index (χ1n) is 7.63. The van der Waals surface area contributed by atoms with Crippen LogP contribution in [0.4, 0.5) is 0 Å². The zero-order chi connectivity index (χ0) is 14.8. The van der Waals surface area contributed by atoms with Crippen LogP contribution < -0.4 is 5.73 Å². The van der Waals surface area contributed by atoms with Gasteiger partial charge >= 0.3 is 0 Å². The zero-order valence-electron chi connectivity index (χ0n) is 12.9. The first-order valence-corrected chi connectivity index (χ1v) is 7.63. The van der Waals surface area contributed by atoms with Crippen LogP contribution in [0, 0.1) is 6.92 Å². The maximum Gasteiger partial charge on any atom is 0.242 e. The van der Waals surface area contributed by atoms with E-state index in [2.05, 4.69) is 32.0 Å². The van der Waals surface area contributed by atoms with Crippen molar-refractivity contribution in [3.63, 3.8) is 0 Å². The lowest BCUT2D eigenvalue weighted by atomic mass is 9.93. The minimum absolute atomic E-state index is 0.102. The summed E-state index contributed by atoms with van der Waals surface area (Å²) in [5.41, 5.74) is 8.03. The van der Waals surface area contributed by atoms with Gasteiger partial charge in [0, 0.05) is 6.54 Å². The molecule has 2 atom stereocenters. The molecule has 0 saturated carbocycles. The van der Waals surface area contributed by atoms with Crippen molar-refractivity contribution in [2.45, 2.75) is 58.0 Å². The lowest BCUT2D eigenvalue weighted by molar-refractivity contribution is -0.137. The average molecular weight is 274 g/mol. The third-order valence-electron chi connectivity index (χ3n) is 4.32. The molecule has 0 aromatic heterocycles. The molecule has 2 N–H and O–H groups in total. The first-order chi connectivity index (χ1) is 9.47. The van der Waals surface area contributed by atoms with Crippen LogP contribution in [-0.4, -0.2) is 22.9 Å². The number of nitrogens with zero attached hydrogens (tertiary/aromatic N) is 1. The van der Waals surface area contributed by atoms with Gasteiger partial charge in [-0.25, -0.2) is 0 Å². The summed E-state index contributed by atoms with van der Waals surface area (Å²) in [7, 11) is 0. The summed E-state index contributed by atoms with van der Waals surface area (Å²) in [6.07, 6.45) is 3.77. The van der Waals surface area contributed by atoms with Gasteiger partial charge in [0.1, 0.15) is 0 Å². The van der Waals surface area contributed by atoms with Crippen LogP contribution in [0.15, 0.2) is 24.3 Å². The molecule has 0 radical (unpaired) electrons. The molecule has 1 saturated heterocycles. The van der Waals surface area contributed by atoms with Crippen molar-refractivity contribution in [1.29, 1.82) is 0 Å². The van der Waals surface area contributed by atoms with Gasteiger partial charge in [-0.2, -0.15) is 0 Å². The van der Waals surface area contributed by atoms with E-state index in [0.717, 1.165) is 32.2 Å². The van der Waals surface area contributed by atoms with E-state index >= 15 is 0 Å². The van der Waals surface area contributed by atoms with Gasteiger partial charge in [-0.1, -0.05) is 37.6 Å². The summed E-state index contributed by atoms with van der Waals surface area (Å²) in [5, 5.41) is 0. The normalized spacial score (nSPS) is 21.8. The summed E-state index contributed by atoms with van der Waals surface area (Å²) in [5.74, 6) is 0.102. The zero-order valence-corrected chi connectivity index (χ0v) is 12.9. The van der Waals surface area contributed by atoms with Crippen molar-refractivity contribution in [2.75, 3.05) is 6.54 Å². The standard InChI is InChI=1S/C17H26N2O/c1-4-11-17(3,18)16(20)19-12-7-10-15(19)14-9-6-5-8-13(14)2/h5-6,8-9,15H,4,7,10-12,18H2,1-3H3. The second kappa shape index (κ2) is 5.96. The SMILES string of the molecule is CCCC(C)(N)C(=O)N1CCCC1c1ccccc1C. The van der Waals surface area contributed by atoms with Gasteiger partial charge in [-0.3, -0.25) is 4.79 Å². The molecule has 1 aliphatic heterocycles. The van der Waals surface area contributed by atoms with Crippen LogP contribution in [0.5, 0.6) is 0 Å². The van der Waals surface area contributed by atoms with Crippen molar-refractivity contribution < 1.29 is 4.79 Å². The number of amides is 1. The third-order valence-corrected chi connectivity index (χ3v) is 4.32. The maximum absolute atomic E-state index is 12.8. The molecule has 110 valence electrons. The Morgan fingerprint density at radius 2 is 2.15 bits per heavy atom. The molecule has 1 aliphatic rings. The fourth-order valence-electron chi connectivity index (χ4n) is 3.25. The number of aryl methyl sites for hydroxylation is 1. The Morgan fingerprint density at radius 3 is 2.80 bits per heavy atom. The largest absolute Gasteiger partial charge is 0.334 e. The van der Waals surface area contributed by atoms with E-state index in [1.165, 1.54) is 11.1 Å². The van der Waals surface area contributed by atoms with Gasteiger partial charge in [-0.15, -0.1) is 0 Å². The van der Waals surface area contributed by atoms with Crippen LogP contribution in [0.25, 0.3) is 0 Å². The predicted octanol–water partition coefficient (Wildman–Crippen LogP) is 3.18. The van der Waals surface area contributed by atoms with E-state index in [9.17, 15) is 4.79 Å². The minimum Gasteiger partial charge on any atom is -0.334 e. The highest BCUT2D eigenvalue weighted by atomic mass is 16.2. The van der Waals surface area contributed by atoms with Crippen molar-refractivity contribution >= 4 is 5.91 Å². The number of carbonyl (C=O) groups excluding carboxylic acids is 1. The van der Waals surface area contributed by atoms with Gasteiger partial charge in [-0.05, 0) is 44.2 Å². The topological polar surface area (TPSA) is 46.3 Å². The predicted molar refractivity (Wildman–Crippen MR) is 82.4 cm³/mol. The van der Waals surface area contributed by atoms with Crippen molar-refractivity contribution in [3.8, 4) is 0 Å². The van der Waals surface area contributed by atoms with Gasteiger partial charge in [0.15, 0.2) is 0 Å². The number of hydrogen-bond acceptors (Lipinski definition) is 2. The van der Waals surface area contributed by atoms with Crippen LogP contribution in [-0.2, 0) is 4.79 Å². The Kier molecular flexibility index (Phi) is 4.48. The molecule has 0 aliphatic carbocycles.